The first-order chi connectivity index (χ1) is 10.9. The van der Waals surface area contributed by atoms with Crippen LogP contribution in [0, 0.1) is 0 Å². The number of carboxylic acid groups (broad SMARTS) is 1. The Labute approximate surface area is 140 Å². The lowest BCUT2D eigenvalue weighted by Gasteiger charge is -2.21. The molecule has 0 aliphatic carbocycles. The van der Waals surface area contributed by atoms with E-state index in [0.29, 0.717) is 24.5 Å². The molecule has 1 atom stereocenters. The zero-order valence-electron chi connectivity index (χ0n) is 13.1. The molecule has 1 unspecified atom stereocenters. The number of ether oxygens (including phenoxy) is 2. The molecule has 0 aliphatic heterocycles. The number of methoxy groups -OCH3 is 1. The number of amides is 2. The van der Waals surface area contributed by atoms with Crippen molar-refractivity contribution in [2.75, 3.05) is 33.9 Å². The van der Waals surface area contributed by atoms with Crippen molar-refractivity contribution in [2.45, 2.75) is 12.5 Å². The molecule has 0 saturated heterocycles. The van der Waals surface area contributed by atoms with Crippen molar-refractivity contribution in [3.8, 4) is 0 Å². The summed E-state index contributed by atoms with van der Waals surface area (Å²) >= 11 is 5.99. The Morgan fingerprint density at radius 1 is 1.43 bits per heavy atom. The van der Waals surface area contributed by atoms with Crippen molar-refractivity contribution in [1.82, 2.24) is 10.2 Å². The minimum atomic E-state index is -0.998. The Hall–Kier alpha value is -1.99. The normalized spacial score (nSPS) is 11.6. The van der Waals surface area contributed by atoms with Crippen LogP contribution in [0.2, 0.25) is 5.02 Å². The fourth-order valence-corrected chi connectivity index (χ4v) is 2.08. The highest BCUT2D eigenvalue weighted by Gasteiger charge is 2.15. The zero-order chi connectivity index (χ0) is 17.2. The van der Waals surface area contributed by atoms with E-state index in [1.807, 2.05) is 12.1 Å². The maximum Gasteiger partial charge on any atom is 0.407 e. The number of nitrogens with one attached hydrogen (secondary N) is 1. The highest BCUT2D eigenvalue weighted by atomic mass is 35.5. The summed E-state index contributed by atoms with van der Waals surface area (Å²) in [5.41, 5.74) is 0.856. The van der Waals surface area contributed by atoms with Crippen LogP contribution in [0.25, 0.3) is 0 Å². The van der Waals surface area contributed by atoms with Crippen molar-refractivity contribution in [1.29, 1.82) is 0 Å². The molecule has 0 spiro atoms. The number of hydrogen-bond donors (Lipinski definition) is 2. The molecular weight excluding hydrogens is 324 g/mol. The second-order valence-corrected chi connectivity index (χ2v) is 5.26. The van der Waals surface area contributed by atoms with E-state index in [1.165, 1.54) is 19.1 Å². The molecule has 1 aromatic rings. The van der Waals surface area contributed by atoms with Gasteiger partial charge in [0.05, 0.1) is 19.8 Å². The predicted octanol–water partition coefficient (Wildman–Crippen LogP) is 2.75. The molecule has 0 saturated carbocycles. The summed E-state index contributed by atoms with van der Waals surface area (Å²) in [5, 5.41) is 12.0. The Bertz CT molecular complexity index is 526. The van der Waals surface area contributed by atoms with Gasteiger partial charge in [0.1, 0.15) is 0 Å². The third-order valence-corrected chi connectivity index (χ3v) is 3.38. The van der Waals surface area contributed by atoms with E-state index in [1.54, 1.807) is 12.1 Å². The summed E-state index contributed by atoms with van der Waals surface area (Å²) < 4.78 is 10.2. The number of hydrogen-bond acceptors (Lipinski definition) is 4. The van der Waals surface area contributed by atoms with Crippen LogP contribution >= 0.6 is 11.6 Å². The maximum atomic E-state index is 11.0. The first kappa shape index (κ1) is 19.1. The fourth-order valence-electron chi connectivity index (χ4n) is 1.89. The standard InChI is InChI=1S/C15H21ClN2O5/c1-18(15(20)21)8-6-13(11-4-3-5-12(16)10-11)23-9-7-17-14(19)22-2/h3-5,10,13H,6-9H2,1-2H3,(H,17,19)(H,20,21). The van der Waals surface area contributed by atoms with Crippen LogP contribution in [0.1, 0.15) is 18.1 Å². The lowest BCUT2D eigenvalue weighted by molar-refractivity contribution is 0.0423. The van der Waals surface area contributed by atoms with Crippen molar-refractivity contribution in [3.63, 3.8) is 0 Å². The van der Waals surface area contributed by atoms with Crippen molar-refractivity contribution < 1.29 is 24.2 Å². The van der Waals surface area contributed by atoms with Crippen LogP contribution in [0.4, 0.5) is 9.59 Å². The number of alkyl carbamates (subject to hydrolysis) is 1. The van der Waals surface area contributed by atoms with E-state index in [4.69, 9.17) is 21.4 Å². The molecule has 0 aromatic heterocycles. The first-order valence-electron chi connectivity index (χ1n) is 7.07. The number of benzene rings is 1. The molecule has 7 nitrogen and oxygen atoms in total. The van der Waals surface area contributed by atoms with Crippen LogP contribution in [0.15, 0.2) is 24.3 Å². The molecule has 8 heteroatoms. The zero-order valence-corrected chi connectivity index (χ0v) is 13.9. The SMILES string of the molecule is COC(=O)NCCOC(CCN(C)C(=O)O)c1cccc(Cl)c1. The van der Waals surface area contributed by atoms with Crippen molar-refractivity contribution >= 4 is 23.8 Å². The van der Waals surface area contributed by atoms with Crippen LogP contribution < -0.4 is 5.32 Å². The van der Waals surface area contributed by atoms with E-state index in [9.17, 15) is 9.59 Å². The topological polar surface area (TPSA) is 88.1 Å². The molecule has 0 bridgehead atoms. The molecule has 0 heterocycles. The van der Waals surface area contributed by atoms with Gasteiger partial charge in [-0.3, -0.25) is 0 Å². The summed E-state index contributed by atoms with van der Waals surface area (Å²) in [6.45, 7) is 0.874. The molecule has 0 aliphatic rings. The second-order valence-electron chi connectivity index (χ2n) is 4.83. The monoisotopic (exact) mass is 344 g/mol. The fraction of sp³-hybridized carbons (Fsp3) is 0.467. The first-order valence-corrected chi connectivity index (χ1v) is 7.44. The van der Waals surface area contributed by atoms with Gasteiger partial charge < -0.3 is 24.8 Å². The molecule has 128 valence electrons. The van der Waals surface area contributed by atoms with Crippen LogP contribution in [-0.2, 0) is 9.47 Å². The quantitative estimate of drug-likeness (QED) is 0.708. The van der Waals surface area contributed by atoms with Crippen LogP contribution in [0.3, 0.4) is 0 Å². The van der Waals surface area contributed by atoms with Gasteiger partial charge in [0, 0.05) is 25.2 Å². The summed E-state index contributed by atoms with van der Waals surface area (Å²) in [6.07, 6.45) is -1.38. The minimum absolute atomic E-state index is 0.267. The molecule has 2 amide bonds. The van der Waals surface area contributed by atoms with E-state index < -0.39 is 12.2 Å². The largest absolute Gasteiger partial charge is 0.465 e. The molecule has 2 N–H and O–H groups in total. The second kappa shape index (κ2) is 9.91. The molecule has 0 fully saturated rings. The number of halogens is 1. The predicted molar refractivity (Wildman–Crippen MR) is 85.8 cm³/mol. The lowest BCUT2D eigenvalue weighted by atomic mass is 10.1. The van der Waals surface area contributed by atoms with Gasteiger partial charge >= 0.3 is 12.2 Å². The highest BCUT2D eigenvalue weighted by Crippen LogP contribution is 2.24. The molecule has 1 rings (SSSR count). The molecule has 0 radical (unpaired) electrons. The van der Waals surface area contributed by atoms with E-state index >= 15 is 0 Å². The van der Waals surface area contributed by atoms with Crippen molar-refractivity contribution in [3.05, 3.63) is 34.9 Å². The van der Waals surface area contributed by atoms with Gasteiger partial charge in [0.15, 0.2) is 0 Å². The van der Waals surface area contributed by atoms with Gasteiger partial charge in [-0.2, -0.15) is 0 Å². The summed E-state index contributed by atoms with van der Waals surface area (Å²) in [6, 6.07) is 7.21. The maximum absolute atomic E-state index is 11.0. The third kappa shape index (κ3) is 7.21. The van der Waals surface area contributed by atoms with Crippen LogP contribution in [-0.4, -0.2) is 56.0 Å². The number of rotatable bonds is 8. The average Bonchev–Trinajstić information content (AvgIpc) is 2.53. The average molecular weight is 345 g/mol. The van der Waals surface area contributed by atoms with E-state index in [2.05, 4.69) is 10.1 Å². The Morgan fingerprint density at radius 3 is 2.78 bits per heavy atom. The van der Waals surface area contributed by atoms with Crippen LogP contribution in [0.5, 0.6) is 0 Å². The Kier molecular flexibility index (Phi) is 8.21. The molecular formula is C15H21ClN2O5. The molecule has 1 aromatic carbocycles. The summed E-state index contributed by atoms with van der Waals surface area (Å²) in [4.78, 5) is 23.0. The Balaban J connectivity index is 2.61. The smallest absolute Gasteiger partial charge is 0.407 e. The summed E-state index contributed by atoms with van der Waals surface area (Å²) in [5.74, 6) is 0. The number of carbonyl (C=O) groups excluding carboxylic acids is 1. The van der Waals surface area contributed by atoms with Gasteiger partial charge in [0.25, 0.3) is 0 Å². The lowest BCUT2D eigenvalue weighted by Crippen LogP contribution is -2.29. The van der Waals surface area contributed by atoms with Gasteiger partial charge in [-0.25, -0.2) is 9.59 Å². The van der Waals surface area contributed by atoms with Crippen molar-refractivity contribution in [2.24, 2.45) is 0 Å². The van der Waals surface area contributed by atoms with E-state index in [-0.39, 0.29) is 12.7 Å². The summed E-state index contributed by atoms with van der Waals surface area (Å²) in [7, 11) is 2.78. The molecule has 23 heavy (non-hydrogen) atoms. The van der Waals surface area contributed by atoms with Gasteiger partial charge in [-0.1, -0.05) is 23.7 Å². The minimum Gasteiger partial charge on any atom is -0.465 e. The Morgan fingerprint density at radius 2 is 2.17 bits per heavy atom. The number of carbonyl (C=O) groups is 2. The van der Waals surface area contributed by atoms with Gasteiger partial charge in [-0.05, 0) is 24.1 Å². The van der Waals surface area contributed by atoms with E-state index in [0.717, 1.165) is 5.56 Å². The van der Waals surface area contributed by atoms with Gasteiger partial charge in [-0.15, -0.1) is 0 Å². The third-order valence-electron chi connectivity index (χ3n) is 3.15. The number of nitrogens with zero attached hydrogens (tertiary/aromatic N) is 1. The highest BCUT2D eigenvalue weighted by molar-refractivity contribution is 6.30. The van der Waals surface area contributed by atoms with Gasteiger partial charge in [0.2, 0.25) is 0 Å².